The fourth-order valence-electron chi connectivity index (χ4n) is 4.18. The van der Waals surface area contributed by atoms with Gasteiger partial charge in [0, 0.05) is 26.2 Å². The third kappa shape index (κ3) is 3.17. The van der Waals surface area contributed by atoms with Crippen molar-refractivity contribution in [1.82, 2.24) is 15.1 Å². The molecule has 0 radical (unpaired) electrons. The summed E-state index contributed by atoms with van der Waals surface area (Å²) < 4.78 is 0. The molecular weight excluding hydrogens is 250 g/mol. The second-order valence-electron chi connectivity index (χ2n) is 6.91. The second kappa shape index (κ2) is 6.44. The van der Waals surface area contributed by atoms with Crippen molar-refractivity contribution >= 4 is 5.91 Å². The number of nitrogens with zero attached hydrogens (tertiary/aromatic N) is 2. The molecule has 20 heavy (non-hydrogen) atoms. The van der Waals surface area contributed by atoms with Gasteiger partial charge in [0.15, 0.2) is 0 Å². The number of rotatable bonds is 4. The predicted molar refractivity (Wildman–Crippen MR) is 80.6 cm³/mol. The lowest BCUT2D eigenvalue weighted by Crippen LogP contribution is -2.45. The first-order chi connectivity index (χ1) is 9.74. The van der Waals surface area contributed by atoms with Gasteiger partial charge in [0.05, 0.1) is 6.04 Å². The van der Waals surface area contributed by atoms with Gasteiger partial charge in [-0.2, -0.15) is 0 Å². The zero-order valence-electron chi connectivity index (χ0n) is 12.8. The average Bonchev–Trinajstić information content (AvgIpc) is 3.12. The van der Waals surface area contributed by atoms with Crippen molar-refractivity contribution in [1.29, 1.82) is 0 Å². The van der Waals surface area contributed by atoms with Gasteiger partial charge in [-0.3, -0.25) is 4.79 Å². The molecule has 2 aliphatic heterocycles. The summed E-state index contributed by atoms with van der Waals surface area (Å²) in [6.45, 7) is 4.36. The summed E-state index contributed by atoms with van der Waals surface area (Å²) in [6.07, 6.45) is 8.99. The van der Waals surface area contributed by atoms with Gasteiger partial charge in [0.25, 0.3) is 0 Å². The normalized spacial score (nSPS) is 34.1. The Bertz CT molecular complexity index is 327. The van der Waals surface area contributed by atoms with Crippen molar-refractivity contribution < 1.29 is 4.79 Å². The van der Waals surface area contributed by atoms with Crippen LogP contribution in [0.25, 0.3) is 0 Å². The van der Waals surface area contributed by atoms with E-state index in [0.29, 0.717) is 11.9 Å². The summed E-state index contributed by atoms with van der Waals surface area (Å²) >= 11 is 0. The maximum absolute atomic E-state index is 12.5. The number of fused-ring (bicyclic) bond motifs is 1. The summed E-state index contributed by atoms with van der Waals surface area (Å²) in [5, 5.41) is 3.60. The van der Waals surface area contributed by atoms with Crippen LogP contribution in [0.2, 0.25) is 0 Å². The van der Waals surface area contributed by atoms with Gasteiger partial charge in [0.1, 0.15) is 0 Å². The molecule has 2 saturated heterocycles. The predicted octanol–water partition coefficient (Wildman–Crippen LogP) is 1.46. The zero-order valence-corrected chi connectivity index (χ0v) is 12.8. The van der Waals surface area contributed by atoms with E-state index in [1.54, 1.807) is 0 Å². The Morgan fingerprint density at radius 2 is 1.95 bits per heavy atom. The van der Waals surface area contributed by atoms with Crippen molar-refractivity contribution in [2.24, 2.45) is 5.92 Å². The Balaban J connectivity index is 1.45. The van der Waals surface area contributed by atoms with Gasteiger partial charge in [-0.1, -0.05) is 12.8 Å². The fraction of sp³-hybridized carbons (Fsp3) is 0.938. The van der Waals surface area contributed by atoms with Crippen molar-refractivity contribution in [3.05, 3.63) is 0 Å². The number of carbonyl (C=O) groups excluding carboxylic acids is 1. The third-order valence-electron chi connectivity index (χ3n) is 5.49. The first-order valence-corrected chi connectivity index (χ1v) is 8.47. The van der Waals surface area contributed by atoms with Gasteiger partial charge < -0.3 is 15.1 Å². The highest BCUT2D eigenvalue weighted by molar-refractivity contribution is 5.82. The number of amides is 1. The van der Waals surface area contributed by atoms with Crippen LogP contribution < -0.4 is 5.32 Å². The highest BCUT2D eigenvalue weighted by Gasteiger charge is 2.39. The third-order valence-corrected chi connectivity index (χ3v) is 5.49. The van der Waals surface area contributed by atoms with E-state index in [-0.39, 0.29) is 6.04 Å². The number of likely N-dealkylation sites (tertiary alicyclic amines) is 1. The summed E-state index contributed by atoms with van der Waals surface area (Å²) in [5.41, 5.74) is 0. The van der Waals surface area contributed by atoms with E-state index in [1.807, 2.05) is 11.9 Å². The lowest BCUT2D eigenvalue weighted by Gasteiger charge is -2.25. The standard InChI is InChI=1S/C16H29N3O/c1-18(10-11-19-8-4-5-9-19)16(20)15-12-13-6-2-3-7-14(13)17-15/h13-15,17H,2-12H2,1H3. The smallest absolute Gasteiger partial charge is 0.239 e. The lowest BCUT2D eigenvalue weighted by molar-refractivity contribution is -0.132. The molecule has 1 amide bonds. The second-order valence-corrected chi connectivity index (χ2v) is 6.91. The fourth-order valence-corrected chi connectivity index (χ4v) is 4.18. The molecule has 0 aromatic rings. The molecule has 0 aromatic carbocycles. The largest absolute Gasteiger partial charge is 0.343 e. The van der Waals surface area contributed by atoms with E-state index in [2.05, 4.69) is 10.2 Å². The van der Waals surface area contributed by atoms with Gasteiger partial charge in [-0.25, -0.2) is 0 Å². The Morgan fingerprint density at radius 3 is 2.70 bits per heavy atom. The summed E-state index contributed by atoms with van der Waals surface area (Å²) in [6, 6.07) is 0.705. The van der Waals surface area contributed by atoms with Crippen LogP contribution in [-0.2, 0) is 4.79 Å². The Labute approximate surface area is 122 Å². The first kappa shape index (κ1) is 14.3. The minimum atomic E-state index is 0.0895. The highest BCUT2D eigenvalue weighted by Crippen LogP contribution is 2.33. The molecule has 1 N–H and O–H groups in total. The van der Waals surface area contributed by atoms with Gasteiger partial charge in [-0.05, 0) is 51.1 Å². The molecule has 3 unspecified atom stereocenters. The maximum Gasteiger partial charge on any atom is 0.239 e. The van der Waals surface area contributed by atoms with Crippen LogP contribution >= 0.6 is 0 Å². The number of hydrogen-bond acceptors (Lipinski definition) is 3. The quantitative estimate of drug-likeness (QED) is 0.846. The summed E-state index contributed by atoms with van der Waals surface area (Å²) in [5.74, 6) is 1.07. The minimum absolute atomic E-state index is 0.0895. The Morgan fingerprint density at radius 1 is 1.20 bits per heavy atom. The van der Waals surface area contributed by atoms with Crippen LogP contribution in [0.3, 0.4) is 0 Å². The van der Waals surface area contributed by atoms with E-state index >= 15 is 0 Å². The molecule has 3 aliphatic rings. The topological polar surface area (TPSA) is 35.6 Å². The van der Waals surface area contributed by atoms with Crippen LogP contribution in [0.5, 0.6) is 0 Å². The van der Waals surface area contributed by atoms with E-state index in [9.17, 15) is 4.79 Å². The van der Waals surface area contributed by atoms with Crippen molar-refractivity contribution in [2.45, 2.75) is 57.0 Å². The monoisotopic (exact) mass is 279 g/mol. The van der Waals surface area contributed by atoms with Crippen molar-refractivity contribution in [2.75, 3.05) is 33.2 Å². The zero-order chi connectivity index (χ0) is 13.9. The Kier molecular flexibility index (Phi) is 4.61. The first-order valence-electron chi connectivity index (χ1n) is 8.47. The van der Waals surface area contributed by atoms with Crippen LogP contribution in [-0.4, -0.2) is 61.0 Å². The molecule has 4 heteroatoms. The molecule has 1 saturated carbocycles. The number of carbonyl (C=O) groups is 1. The SMILES string of the molecule is CN(CCN1CCCC1)C(=O)C1CC2CCCCC2N1. The lowest BCUT2D eigenvalue weighted by atomic mass is 9.85. The van der Waals surface area contributed by atoms with Crippen LogP contribution in [0.1, 0.15) is 44.9 Å². The summed E-state index contributed by atoms with van der Waals surface area (Å²) in [7, 11) is 1.97. The molecule has 114 valence electrons. The molecule has 0 bridgehead atoms. The van der Waals surface area contributed by atoms with Gasteiger partial charge in [-0.15, -0.1) is 0 Å². The van der Waals surface area contributed by atoms with E-state index in [4.69, 9.17) is 0 Å². The molecule has 3 rings (SSSR count). The molecule has 2 heterocycles. The maximum atomic E-state index is 12.5. The molecule has 4 nitrogen and oxygen atoms in total. The highest BCUT2D eigenvalue weighted by atomic mass is 16.2. The number of hydrogen-bond donors (Lipinski definition) is 1. The van der Waals surface area contributed by atoms with Crippen molar-refractivity contribution in [3.8, 4) is 0 Å². The molecule has 0 aromatic heterocycles. The van der Waals surface area contributed by atoms with Crippen molar-refractivity contribution in [3.63, 3.8) is 0 Å². The Hall–Kier alpha value is -0.610. The van der Waals surface area contributed by atoms with Crippen LogP contribution in [0, 0.1) is 5.92 Å². The average molecular weight is 279 g/mol. The van der Waals surface area contributed by atoms with E-state index in [1.165, 1.54) is 51.6 Å². The molecule has 1 aliphatic carbocycles. The molecule has 3 fully saturated rings. The van der Waals surface area contributed by atoms with Crippen LogP contribution in [0.4, 0.5) is 0 Å². The number of likely N-dealkylation sites (N-methyl/N-ethyl adjacent to an activating group) is 1. The molecular formula is C16H29N3O. The molecule has 3 atom stereocenters. The molecule has 0 spiro atoms. The summed E-state index contributed by atoms with van der Waals surface area (Å²) in [4.78, 5) is 17.0. The van der Waals surface area contributed by atoms with E-state index in [0.717, 1.165) is 25.4 Å². The van der Waals surface area contributed by atoms with Gasteiger partial charge >= 0.3 is 0 Å². The van der Waals surface area contributed by atoms with Gasteiger partial charge in [0.2, 0.25) is 5.91 Å². The minimum Gasteiger partial charge on any atom is -0.343 e. The van der Waals surface area contributed by atoms with E-state index < -0.39 is 0 Å². The van der Waals surface area contributed by atoms with Crippen LogP contribution in [0.15, 0.2) is 0 Å². The number of nitrogens with one attached hydrogen (secondary N) is 1.